The molecule has 1 aliphatic rings. The van der Waals surface area contributed by atoms with E-state index in [1.54, 1.807) is 13.3 Å². The van der Waals surface area contributed by atoms with Crippen LogP contribution >= 0.6 is 0 Å². The van der Waals surface area contributed by atoms with Crippen molar-refractivity contribution in [3.8, 4) is 22.6 Å². The minimum absolute atomic E-state index is 0.155. The number of anilines is 1. The highest BCUT2D eigenvalue weighted by molar-refractivity contribution is 5.74. The van der Waals surface area contributed by atoms with E-state index in [9.17, 15) is 0 Å². The molecule has 1 atom stereocenters. The van der Waals surface area contributed by atoms with Gasteiger partial charge in [0.1, 0.15) is 6.10 Å². The Morgan fingerprint density at radius 2 is 2.29 bits per heavy atom. The van der Waals surface area contributed by atoms with Gasteiger partial charge in [0.2, 0.25) is 5.88 Å². The van der Waals surface area contributed by atoms with Crippen LogP contribution in [0.2, 0.25) is 0 Å². The molecule has 2 aromatic rings. The quantitative estimate of drug-likeness (QED) is 0.896. The fraction of sp³-hybridized carbons (Fsp3) is 0.400. The van der Waals surface area contributed by atoms with Crippen molar-refractivity contribution in [2.75, 3.05) is 25.9 Å². The predicted octanol–water partition coefficient (Wildman–Crippen LogP) is 2.06. The van der Waals surface area contributed by atoms with Gasteiger partial charge in [-0.05, 0) is 37.1 Å². The summed E-state index contributed by atoms with van der Waals surface area (Å²) in [5.74, 6) is 1.72. The van der Waals surface area contributed by atoms with Crippen molar-refractivity contribution in [3.05, 3.63) is 24.4 Å². The number of methoxy groups -OCH3 is 1. The number of hydrogen-bond donors (Lipinski definition) is 2. The highest BCUT2D eigenvalue weighted by atomic mass is 16.5. The molecule has 1 saturated heterocycles. The maximum absolute atomic E-state index is 6.08. The van der Waals surface area contributed by atoms with E-state index in [1.165, 1.54) is 0 Å². The van der Waals surface area contributed by atoms with E-state index in [0.717, 1.165) is 37.1 Å². The van der Waals surface area contributed by atoms with Crippen molar-refractivity contribution >= 4 is 5.88 Å². The van der Waals surface area contributed by atoms with Gasteiger partial charge in [-0.2, -0.15) is 0 Å². The van der Waals surface area contributed by atoms with Gasteiger partial charge >= 0.3 is 0 Å². The maximum Gasteiger partial charge on any atom is 0.229 e. The van der Waals surface area contributed by atoms with E-state index < -0.39 is 0 Å². The number of nitrogens with one attached hydrogen (secondary N) is 1. The smallest absolute Gasteiger partial charge is 0.229 e. The topological polar surface area (TPSA) is 82.5 Å². The second kappa shape index (κ2) is 6.05. The van der Waals surface area contributed by atoms with Gasteiger partial charge in [0.15, 0.2) is 11.5 Å². The van der Waals surface area contributed by atoms with Crippen LogP contribution < -0.4 is 20.5 Å². The fourth-order valence-electron chi connectivity index (χ4n) is 2.50. The Morgan fingerprint density at radius 1 is 1.38 bits per heavy atom. The van der Waals surface area contributed by atoms with E-state index in [4.69, 9.17) is 19.7 Å². The number of nitrogens with zero attached hydrogens (tertiary/aromatic N) is 1. The molecule has 1 aromatic heterocycles. The van der Waals surface area contributed by atoms with E-state index in [1.807, 2.05) is 18.2 Å². The third kappa shape index (κ3) is 2.95. The lowest BCUT2D eigenvalue weighted by Crippen LogP contribution is -2.37. The molecule has 0 amide bonds. The predicted molar refractivity (Wildman–Crippen MR) is 79.4 cm³/mol. The highest BCUT2D eigenvalue weighted by Gasteiger charge is 2.18. The first-order valence-corrected chi connectivity index (χ1v) is 7.04. The van der Waals surface area contributed by atoms with Gasteiger partial charge in [-0.15, -0.1) is 0 Å². The highest BCUT2D eigenvalue weighted by Crippen LogP contribution is 2.35. The van der Waals surface area contributed by atoms with Gasteiger partial charge in [0, 0.05) is 6.54 Å². The van der Waals surface area contributed by atoms with Gasteiger partial charge < -0.3 is 25.0 Å². The molecule has 0 aliphatic carbocycles. The molecule has 0 spiro atoms. The lowest BCUT2D eigenvalue weighted by molar-refractivity contribution is 0.161. The number of piperidine rings is 1. The largest absolute Gasteiger partial charge is 0.493 e. The van der Waals surface area contributed by atoms with Crippen LogP contribution in [0.25, 0.3) is 11.1 Å². The molecule has 3 rings (SSSR count). The normalized spacial score (nSPS) is 18.4. The Bertz CT molecular complexity index is 606. The molecule has 6 heteroatoms. The van der Waals surface area contributed by atoms with Crippen molar-refractivity contribution in [1.29, 1.82) is 0 Å². The van der Waals surface area contributed by atoms with Crippen LogP contribution in [0.1, 0.15) is 12.8 Å². The summed E-state index contributed by atoms with van der Waals surface area (Å²) in [5, 5.41) is 7.04. The van der Waals surface area contributed by atoms with Crippen molar-refractivity contribution in [2.24, 2.45) is 0 Å². The number of ether oxygens (including phenoxy) is 2. The Kier molecular flexibility index (Phi) is 3.96. The maximum atomic E-state index is 6.08. The average Bonchev–Trinajstić information content (AvgIpc) is 2.94. The second-order valence-corrected chi connectivity index (χ2v) is 5.06. The summed E-state index contributed by atoms with van der Waals surface area (Å²) in [4.78, 5) is 0. The first-order valence-electron chi connectivity index (χ1n) is 7.04. The van der Waals surface area contributed by atoms with Crippen LogP contribution in [0.5, 0.6) is 11.5 Å². The molecule has 1 fully saturated rings. The first-order chi connectivity index (χ1) is 10.3. The van der Waals surface area contributed by atoms with E-state index >= 15 is 0 Å². The zero-order valence-electron chi connectivity index (χ0n) is 12.0. The summed E-state index contributed by atoms with van der Waals surface area (Å²) < 4.78 is 16.4. The molecular weight excluding hydrogens is 270 g/mol. The summed E-state index contributed by atoms with van der Waals surface area (Å²) in [5.41, 5.74) is 7.42. The Hall–Kier alpha value is -2.21. The van der Waals surface area contributed by atoms with Crippen LogP contribution in [0.15, 0.2) is 28.9 Å². The van der Waals surface area contributed by atoms with Gasteiger partial charge in [-0.3, -0.25) is 0 Å². The summed E-state index contributed by atoms with van der Waals surface area (Å²) in [6.45, 7) is 1.90. The zero-order valence-corrected chi connectivity index (χ0v) is 12.0. The lowest BCUT2D eigenvalue weighted by Gasteiger charge is -2.25. The van der Waals surface area contributed by atoms with Gasteiger partial charge in [0.05, 0.1) is 18.9 Å². The van der Waals surface area contributed by atoms with E-state index in [-0.39, 0.29) is 6.10 Å². The van der Waals surface area contributed by atoms with Crippen LogP contribution in [0.3, 0.4) is 0 Å². The van der Waals surface area contributed by atoms with Gasteiger partial charge in [-0.25, -0.2) is 0 Å². The number of aromatic nitrogens is 1. The van der Waals surface area contributed by atoms with Crippen molar-refractivity contribution in [1.82, 2.24) is 10.5 Å². The van der Waals surface area contributed by atoms with Crippen LogP contribution in [0, 0.1) is 0 Å². The minimum atomic E-state index is 0.155. The molecule has 3 N–H and O–H groups in total. The molecule has 1 aromatic carbocycles. The number of nitrogen functional groups attached to an aromatic ring is 1. The third-order valence-electron chi connectivity index (χ3n) is 3.62. The molecule has 0 bridgehead atoms. The zero-order chi connectivity index (χ0) is 14.7. The molecule has 6 nitrogen and oxygen atoms in total. The van der Waals surface area contributed by atoms with Crippen molar-refractivity contribution in [3.63, 3.8) is 0 Å². The molecule has 0 radical (unpaired) electrons. The van der Waals surface area contributed by atoms with Gasteiger partial charge in [-0.1, -0.05) is 11.2 Å². The first kappa shape index (κ1) is 13.8. The summed E-state index contributed by atoms with van der Waals surface area (Å²) in [6.07, 6.45) is 3.91. The van der Waals surface area contributed by atoms with Gasteiger partial charge in [0.25, 0.3) is 0 Å². The van der Waals surface area contributed by atoms with Crippen LogP contribution in [-0.2, 0) is 0 Å². The number of benzene rings is 1. The molecule has 1 aliphatic heterocycles. The number of nitrogens with two attached hydrogens (primary N) is 1. The summed E-state index contributed by atoms with van der Waals surface area (Å²) in [6, 6.07) is 5.69. The average molecular weight is 289 g/mol. The SMILES string of the molecule is COc1ccc(-c2cnoc2N)cc1OC1CCCNC1. The number of hydrogen-bond acceptors (Lipinski definition) is 6. The molecule has 1 unspecified atom stereocenters. The lowest BCUT2D eigenvalue weighted by atomic mass is 10.1. The van der Waals surface area contributed by atoms with E-state index in [2.05, 4.69) is 10.5 Å². The Morgan fingerprint density at radius 3 is 2.95 bits per heavy atom. The summed E-state index contributed by atoms with van der Waals surface area (Å²) >= 11 is 0. The Labute approximate surface area is 123 Å². The summed E-state index contributed by atoms with van der Waals surface area (Å²) in [7, 11) is 1.63. The van der Waals surface area contributed by atoms with Crippen LogP contribution in [0.4, 0.5) is 5.88 Å². The second-order valence-electron chi connectivity index (χ2n) is 5.06. The third-order valence-corrected chi connectivity index (χ3v) is 3.62. The molecular formula is C15H19N3O3. The molecule has 2 heterocycles. The van der Waals surface area contributed by atoms with Crippen molar-refractivity contribution in [2.45, 2.75) is 18.9 Å². The Balaban J connectivity index is 1.88. The molecule has 21 heavy (non-hydrogen) atoms. The fourth-order valence-corrected chi connectivity index (χ4v) is 2.50. The van der Waals surface area contributed by atoms with Crippen molar-refractivity contribution < 1.29 is 14.0 Å². The van der Waals surface area contributed by atoms with E-state index in [0.29, 0.717) is 17.4 Å². The standard InChI is InChI=1S/C15H19N3O3/c1-19-13-5-4-10(12-9-18-21-15(12)16)7-14(13)20-11-3-2-6-17-8-11/h4-5,7,9,11,17H,2-3,6,8,16H2,1H3. The van der Waals surface area contributed by atoms with Crippen LogP contribution in [-0.4, -0.2) is 31.5 Å². The monoisotopic (exact) mass is 289 g/mol. The molecule has 112 valence electrons. The molecule has 0 saturated carbocycles. The number of rotatable bonds is 4. The minimum Gasteiger partial charge on any atom is -0.493 e.